The number of nitrogens with zero attached hydrogens (tertiary/aromatic N) is 4. The van der Waals surface area contributed by atoms with Gasteiger partial charge in [-0.2, -0.15) is 8.78 Å². The van der Waals surface area contributed by atoms with Crippen LogP contribution >= 0.6 is 11.3 Å². The lowest BCUT2D eigenvalue weighted by Gasteiger charge is -2.07. The second-order valence-corrected chi connectivity index (χ2v) is 6.44. The van der Waals surface area contributed by atoms with E-state index in [0.717, 1.165) is 21.5 Å². The number of rotatable bonds is 4. The van der Waals surface area contributed by atoms with Gasteiger partial charge in [0.25, 0.3) is 0 Å². The van der Waals surface area contributed by atoms with Crippen LogP contribution in [-0.2, 0) is 0 Å². The zero-order chi connectivity index (χ0) is 18.3. The quantitative estimate of drug-likeness (QED) is 0.533. The molecule has 26 heavy (non-hydrogen) atoms. The topological polar surface area (TPSA) is 70.0 Å². The van der Waals surface area contributed by atoms with Crippen LogP contribution in [0, 0.1) is 6.92 Å². The number of halogens is 2. The number of methoxy groups -OCH3 is 1. The third-order valence-corrected chi connectivity index (χ3v) is 4.65. The monoisotopic (exact) mass is 374 g/mol. The summed E-state index contributed by atoms with van der Waals surface area (Å²) in [5, 5.41) is 0.714. The minimum atomic E-state index is -2.95. The Labute approximate surface area is 150 Å². The predicted molar refractivity (Wildman–Crippen MR) is 93.9 cm³/mol. The van der Waals surface area contributed by atoms with Gasteiger partial charge in [-0.05, 0) is 30.7 Å². The highest BCUT2D eigenvalue weighted by atomic mass is 32.1. The van der Waals surface area contributed by atoms with Crippen LogP contribution in [0.25, 0.3) is 32.0 Å². The zero-order valence-electron chi connectivity index (χ0n) is 13.7. The van der Waals surface area contributed by atoms with Gasteiger partial charge in [0, 0.05) is 11.6 Å². The summed E-state index contributed by atoms with van der Waals surface area (Å²) in [7, 11) is 1.55. The summed E-state index contributed by atoms with van der Waals surface area (Å²) in [6.45, 7) is -1.06. The number of hydrogen-bond acceptors (Lipinski definition) is 7. The Balaban J connectivity index is 1.87. The second-order valence-electron chi connectivity index (χ2n) is 5.46. The summed E-state index contributed by atoms with van der Waals surface area (Å²) in [5.74, 6) is 0.287. The van der Waals surface area contributed by atoms with Crippen LogP contribution in [-0.4, -0.2) is 33.7 Å². The Morgan fingerprint density at radius 1 is 1.04 bits per heavy atom. The number of alkyl halides is 2. The van der Waals surface area contributed by atoms with Crippen LogP contribution in [0.5, 0.6) is 11.8 Å². The molecule has 4 rings (SSSR count). The molecule has 3 heterocycles. The highest BCUT2D eigenvalue weighted by molar-refractivity contribution is 7.21. The molecule has 1 aromatic carbocycles. The number of pyridine rings is 1. The molecular formula is C17H12F2N4O2S. The van der Waals surface area contributed by atoms with Gasteiger partial charge in [0.05, 0.1) is 24.3 Å². The fourth-order valence-corrected chi connectivity index (χ4v) is 3.53. The molecular weight excluding hydrogens is 362 g/mol. The molecule has 0 fully saturated rings. The van der Waals surface area contributed by atoms with E-state index < -0.39 is 6.61 Å². The van der Waals surface area contributed by atoms with Crippen molar-refractivity contribution in [2.75, 3.05) is 7.11 Å². The Bertz CT molecular complexity index is 1120. The summed E-state index contributed by atoms with van der Waals surface area (Å²) in [4.78, 5) is 18.1. The van der Waals surface area contributed by atoms with Gasteiger partial charge in [0.15, 0.2) is 0 Å². The molecule has 0 atom stereocenters. The van der Waals surface area contributed by atoms with Crippen molar-refractivity contribution in [3.63, 3.8) is 0 Å². The van der Waals surface area contributed by atoms with Crippen molar-refractivity contribution in [3.05, 3.63) is 36.0 Å². The summed E-state index contributed by atoms with van der Waals surface area (Å²) in [6.07, 6.45) is 1.18. The first-order valence-corrected chi connectivity index (χ1v) is 8.39. The van der Waals surface area contributed by atoms with E-state index in [1.165, 1.54) is 17.5 Å². The molecule has 0 amide bonds. The van der Waals surface area contributed by atoms with Crippen molar-refractivity contribution in [2.24, 2.45) is 0 Å². The smallest absolute Gasteiger partial charge is 0.388 e. The van der Waals surface area contributed by atoms with Gasteiger partial charge in [-0.25, -0.2) is 19.9 Å². The van der Waals surface area contributed by atoms with Crippen molar-refractivity contribution < 1.29 is 18.3 Å². The second kappa shape index (κ2) is 6.41. The van der Waals surface area contributed by atoms with E-state index >= 15 is 0 Å². The number of benzene rings is 1. The molecule has 0 saturated carbocycles. The standard InChI is InChI=1S/C17H12F2N4O2S/c1-8-5-9(14-11(6-8)21-13(7-20-14)25-17(18)19)15-22-10-3-4-12(24-2)23-16(10)26-15/h3-7,17H,1-2H3. The van der Waals surface area contributed by atoms with Crippen LogP contribution in [0.15, 0.2) is 30.5 Å². The highest BCUT2D eigenvalue weighted by Crippen LogP contribution is 2.34. The van der Waals surface area contributed by atoms with Crippen molar-refractivity contribution in [3.8, 4) is 22.3 Å². The molecule has 4 aromatic rings. The van der Waals surface area contributed by atoms with E-state index in [0.29, 0.717) is 21.9 Å². The Morgan fingerprint density at radius 3 is 2.65 bits per heavy atom. The summed E-state index contributed by atoms with van der Waals surface area (Å²) < 4.78 is 34.3. The van der Waals surface area contributed by atoms with Gasteiger partial charge in [-0.15, -0.1) is 0 Å². The largest absolute Gasteiger partial charge is 0.481 e. The van der Waals surface area contributed by atoms with E-state index in [-0.39, 0.29) is 5.88 Å². The number of aryl methyl sites for hydroxylation is 1. The fraction of sp³-hybridized carbons (Fsp3) is 0.176. The number of hydrogen-bond donors (Lipinski definition) is 0. The lowest BCUT2D eigenvalue weighted by atomic mass is 10.1. The molecule has 0 unspecified atom stereocenters. The van der Waals surface area contributed by atoms with E-state index in [1.54, 1.807) is 19.2 Å². The first-order chi connectivity index (χ1) is 12.5. The van der Waals surface area contributed by atoms with Crippen LogP contribution in [0.3, 0.4) is 0 Å². The molecule has 132 valence electrons. The summed E-state index contributed by atoms with van der Waals surface area (Å²) in [6, 6.07) is 7.27. The number of ether oxygens (including phenoxy) is 2. The molecule has 0 N–H and O–H groups in total. The van der Waals surface area contributed by atoms with Crippen molar-refractivity contribution >= 4 is 32.7 Å². The normalized spacial score (nSPS) is 11.4. The van der Waals surface area contributed by atoms with E-state index in [2.05, 4.69) is 24.7 Å². The molecule has 0 bridgehead atoms. The molecule has 0 aliphatic carbocycles. The molecule has 0 saturated heterocycles. The third kappa shape index (κ3) is 3.01. The van der Waals surface area contributed by atoms with Gasteiger partial charge in [-0.3, -0.25) is 0 Å². The minimum Gasteiger partial charge on any atom is -0.481 e. The average Bonchev–Trinajstić information content (AvgIpc) is 3.03. The van der Waals surface area contributed by atoms with Crippen LogP contribution in [0.1, 0.15) is 5.56 Å². The molecule has 9 heteroatoms. The average molecular weight is 374 g/mol. The molecule has 0 aliphatic heterocycles. The molecule has 0 radical (unpaired) electrons. The third-order valence-electron chi connectivity index (χ3n) is 3.65. The summed E-state index contributed by atoms with van der Waals surface area (Å²) in [5.41, 5.74) is 3.43. The van der Waals surface area contributed by atoms with E-state index in [9.17, 15) is 8.78 Å². The highest BCUT2D eigenvalue weighted by Gasteiger charge is 2.15. The van der Waals surface area contributed by atoms with Gasteiger partial charge in [0.2, 0.25) is 11.8 Å². The molecule has 6 nitrogen and oxygen atoms in total. The maximum absolute atomic E-state index is 12.4. The SMILES string of the molecule is COc1ccc2nc(-c3cc(C)cc4nc(OC(F)F)cnc34)sc2n1. The van der Waals surface area contributed by atoms with Crippen LogP contribution < -0.4 is 9.47 Å². The fourth-order valence-electron chi connectivity index (χ4n) is 2.59. The van der Waals surface area contributed by atoms with Gasteiger partial charge in [-0.1, -0.05) is 11.3 Å². The number of thiazole rings is 1. The number of aromatic nitrogens is 4. The van der Waals surface area contributed by atoms with E-state index in [4.69, 9.17) is 4.74 Å². The molecule has 0 spiro atoms. The van der Waals surface area contributed by atoms with Crippen LogP contribution in [0.4, 0.5) is 8.78 Å². The van der Waals surface area contributed by atoms with Crippen molar-refractivity contribution in [1.29, 1.82) is 0 Å². The maximum atomic E-state index is 12.4. The Kier molecular flexibility index (Phi) is 4.08. The molecule has 0 aliphatic rings. The van der Waals surface area contributed by atoms with Gasteiger partial charge < -0.3 is 9.47 Å². The first-order valence-electron chi connectivity index (χ1n) is 7.57. The lowest BCUT2D eigenvalue weighted by Crippen LogP contribution is -2.04. The van der Waals surface area contributed by atoms with Gasteiger partial charge >= 0.3 is 6.61 Å². The first kappa shape index (κ1) is 16.5. The van der Waals surface area contributed by atoms with Crippen molar-refractivity contribution in [2.45, 2.75) is 13.5 Å². The number of fused-ring (bicyclic) bond motifs is 2. The summed E-state index contributed by atoms with van der Waals surface area (Å²) >= 11 is 1.40. The maximum Gasteiger partial charge on any atom is 0.388 e. The molecule has 3 aromatic heterocycles. The van der Waals surface area contributed by atoms with Gasteiger partial charge in [0.1, 0.15) is 15.4 Å². The Morgan fingerprint density at radius 2 is 1.88 bits per heavy atom. The zero-order valence-corrected chi connectivity index (χ0v) is 14.6. The lowest BCUT2D eigenvalue weighted by molar-refractivity contribution is -0.0528. The Hall–Kier alpha value is -2.94. The minimum absolute atomic E-state index is 0.222. The van der Waals surface area contributed by atoms with Crippen molar-refractivity contribution in [1.82, 2.24) is 19.9 Å². The van der Waals surface area contributed by atoms with Crippen LogP contribution in [0.2, 0.25) is 0 Å². The van der Waals surface area contributed by atoms with E-state index in [1.807, 2.05) is 19.1 Å². The predicted octanol–water partition coefficient (Wildman–Crippen LogP) is 4.22.